The Morgan fingerprint density at radius 2 is 2.10 bits per heavy atom. The van der Waals surface area contributed by atoms with Crippen molar-refractivity contribution in [1.29, 1.82) is 0 Å². The van der Waals surface area contributed by atoms with E-state index >= 15 is 0 Å². The van der Waals surface area contributed by atoms with E-state index in [1.807, 2.05) is 24.3 Å². The van der Waals surface area contributed by atoms with E-state index < -0.39 is 11.2 Å². The van der Waals surface area contributed by atoms with Crippen LogP contribution in [-0.4, -0.2) is 20.9 Å². The summed E-state index contributed by atoms with van der Waals surface area (Å²) in [5.41, 5.74) is 1.21. The van der Waals surface area contributed by atoms with Gasteiger partial charge in [-0.25, -0.2) is 4.79 Å². The summed E-state index contributed by atoms with van der Waals surface area (Å²) in [6.45, 7) is 1.98. The lowest BCUT2D eigenvalue weighted by Crippen LogP contribution is -2.30. The van der Waals surface area contributed by atoms with Crippen LogP contribution in [0.1, 0.15) is 18.1 Å². The third kappa shape index (κ3) is 2.10. The zero-order chi connectivity index (χ0) is 15.0. The summed E-state index contributed by atoms with van der Waals surface area (Å²) in [6, 6.07) is 7.50. The molecule has 0 fully saturated rings. The second kappa shape index (κ2) is 4.90. The lowest BCUT2D eigenvalue weighted by atomic mass is 10.1. The smallest absolute Gasteiger partial charge is 0.331 e. The first-order chi connectivity index (χ1) is 10.1. The Labute approximate surface area is 119 Å². The first-order valence-corrected chi connectivity index (χ1v) is 6.53. The van der Waals surface area contributed by atoms with Gasteiger partial charge in [0, 0.05) is 23.9 Å². The van der Waals surface area contributed by atoms with Crippen LogP contribution in [-0.2, 0) is 6.54 Å². The molecule has 1 aliphatic rings. The molecule has 1 aliphatic heterocycles. The first kappa shape index (κ1) is 13.1. The van der Waals surface area contributed by atoms with Gasteiger partial charge < -0.3 is 5.11 Å². The predicted molar refractivity (Wildman–Crippen MR) is 81.1 cm³/mol. The average molecular weight is 283 g/mol. The van der Waals surface area contributed by atoms with Gasteiger partial charge in [0.15, 0.2) is 0 Å². The van der Waals surface area contributed by atoms with E-state index in [1.165, 1.54) is 6.08 Å². The van der Waals surface area contributed by atoms with Crippen LogP contribution in [0.15, 0.2) is 38.8 Å². The fourth-order valence-corrected chi connectivity index (χ4v) is 2.31. The molecule has 1 aromatic carbocycles. The number of H-pyrrole nitrogens is 1. The number of nitrogens with zero attached hydrogens (tertiary/aromatic N) is 2. The number of para-hydroxylation sites is 1. The number of aromatic hydroxyl groups is 1. The Bertz CT molecular complexity index is 888. The number of nitrogens with one attached hydrogen (secondary N) is 1. The molecule has 0 saturated carbocycles. The molecule has 6 heteroatoms. The van der Waals surface area contributed by atoms with Gasteiger partial charge in [0.25, 0.3) is 5.56 Å². The summed E-state index contributed by atoms with van der Waals surface area (Å²) in [5.74, 6) is -0.337. The van der Waals surface area contributed by atoms with Crippen molar-refractivity contribution in [2.24, 2.45) is 4.99 Å². The Balaban J connectivity index is 2.21. The highest BCUT2D eigenvalue weighted by molar-refractivity contribution is 6.21. The second-order valence-corrected chi connectivity index (χ2v) is 4.62. The van der Waals surface area contributed by atoms with Crippen molar-refractivity contribution in [2.75, 3.05) is 0 Å². The third-order valence-electron chi connectivity index (χ3n) is 3.38. The summed E-state index contributed by atoms with van der Waals surface area (Å²) in [7, 11) is 0. The van der Waals surface area contributed by atoms with E-state index in [-0.39, 0.29) is 18.0 Å². The first-order valence-electron chi connectivity index (χ1n) is 6.53. The molecule has 0 radical (unpaired) electrons. The highest BCUT2D eigenvalue weighted by Gasteiger charge is 2.15. The van der Waals surface area contributed by atoms with Gasteiger partial charge in [-0.05, 0) is 19.1 Å². The number of rotatable bonds is 2. The summed E-state index contributed by atoms with van der Waals surface area (Å²) >= 11 is 0. The monoisotopic (exact) mass is 283 g/mol. The van der Waals surface area contributed by atoms with E-state index in [0.29, 0.717) is 5.57 Å². The summed E-state index contributed by atoms with van der Waals surface area (Å²) in [6.07, 6.45) is 3.17. The minimum absolute atomic E-state index is 0.0506. The molecule has 0 aliphatic carbocycles. The normalized spacial score (nSPS) is 14.6. The number of aromatic nitrogens is 2. The van der Waals surface area contributed by atoms with E-state index in [1.54, 1.807) is 13.1 Å². The van der Waals surface area contributed by atoms with Gasteiger partial charge in [-0.3, -0.25) is 19.3 Å². The van der Waals surface area contributed by atoms with E-state index in [4.69, 9.17) is 0 Å². The topological polar surface area (TPSA) is 87.4 Å². The minimum atomic E-state index is -0.623. The molecular formula is C15H13N3O3. The quantitative estimate of drug-likeness (QED) is 0.876. The number of allylic oxidation sites excluding steroid dienone is 1. The van der Waals surface area contributed by atoms with Crippen molar-refractivity contribution in [1.82, 2.24) is 9.55 Å². The fraction of sp³-hybridized carbons (Fsp3) is 0.133. The largest absolute Gasteiger partial charge is 0.494 e. The minimum Gasteiger partial charge on any atom is -0.494 e. The van der Waals surface area contributed by atoms with Crippen molar-refractivity contribution in [3.63, 3.8) is 0 Å². The molecule has 2 aromatic rings. The molecule has 0 bridgehead atoms. The van der Waals surface area contributed by atoms with Crippen molar-refractivity contribution >= 4 is 23.6 Å². The highest BCUT2D eigenvalue weighted by atomic mass is 16.3. The van der Waals surface area contributed by atoms with Crippen molar-refractivity contribution in [3.8, 4) is 5.88 Å². The molecular weight excluding hydrogens is 270 g/mol. The molecule has 1 aromatic heterocycles. The van der Waals surface area contributed by atoms with Gasteiger partial charge >= 0.3 is 5.69 Å². The van der Waals surface area contributed by atoms with Gasteiger partial charge in [0.1, 0.15) is 5.56 Å². The van der Waals surface area contributed by atoms with Crippen LogP contribution in [0.3, 0.4) is 0 Å². The molecule has 106 valence electrons. The van der Waals surface area contributed by atoms with Crippen LogP contribution in [0.5, 0.6) is 5.88 Å². The van der Waals surface area contributed by atoms with Crippen molar-refractivity contribution < 1.29 is 5.11 Å². The molecule has 0 amide bonds. The SMILES string of the molecule is CCn1c(O)c(C=C2C=Nc3ccccc32)c(=O)[nH]c1=O. The zero-order valence-corrected chi connectivity index (χ0v) is 11.3. The lowest BCUT2D eigenvalue weighted by molar-refractivity contribution is 0.404. The van der Waals surface area contributed by atoms with Crippen molar-refractivity contribution in [3.05, 3.63) is 56.2 Å². The van der Waals surface area contributed by atoms with E-state index in [0.717, 1.165) is 15.8 Å². The fourth-order valence-electron chi connectivity index (χ4n) is 2.31. The Morgan fingerprint density at radius 3 is 2.86 bits per heavy atom. The standard InChI is InChI=1S/C15H13N3O3/c1-2-18-14(20)11(13(19)17-15(18)21)7-9-8-16-12-6-4-3-5-10(9)12/h3-8,20H,2H2,1H3,(H,17,19,21). The summed E-state index contributed by atoms with van der Waals surface area (Å²) in [5, 5.41) is 10.1. The Hall–Kier alpha value is -2.89. The van der Waals surface area contributed by atoms with Gasteiger partial charge in [-0.1, -0.05) is 18.2 Å². The van der Waals surface area contributed by atoms with E-state index in [2.05, 4.69) is 9.98 Å². The molecule has 0 unspecified atom stereocenters. The van der Waals surface area contributed by atoms with Gasteiger partial charge in [0.2, 0.25) is 5.88 Å². The molecule has 2 N–H and O–H groups in total. The predicted octanol–water partition coefficient (Wildman–Crippen LogP) is 1.52. The van der Waals surface area contributed by atoms with Crippen LogP contribution in [0.4, 0.5) is 5.69 Å². The van der Waals surface area contributed by atoms with Crippen LogP contribution in [0, 0.1) is 0 Å². The number of hydrogen-bond donors (Lipinski definition) is 2. The number of aromatic amines is 1. The molecule has 2 heterocycles. The average Bonchev–Trinajstić information content (AvgIpc) is 2.87. The molecule has 3 rings (SSSR count). The maximum atomic E-state index is 11.9. The number of fused-ring (bicyclic) bond motifs is 1. The summed E-state index contributed by atoms with van der Waals surface area (Å²) in [4.78, 5) is 29.9. The van der Waals surface area contributed by atoms with Crippen LogP contribution < -0.4 is 11.2 Å². The highest BCUT2D eigenvalue weighted by Crippen LogP contribution is 2.32. The maximum absolute atomic E-state index is 11.9. The molecule has 0 spiro atoms. The number of benzene rings is 1. The Morgan fingerprint density at radius 1 is 1.33 bits per heavy atom. The van der Waals surface area contributed by atoms with Crippen LogP contribution >= 0.6 is 0 Å². The third-order valence-corrected chi connectivity index (χ3v) is 3.38. The van der Waals surface area contributed by atoms with Gasteiger partial charge in [0.05, 0.1) is 5.69 Å². The number of hydrogen-bond acceptors (Lipinski definition) is 4. The number of aliphatic imine (C=N–C) groups is 1. The second-order valence-electron chi connectivity index (χ2n) is 4.62. The van der Waals surface area contributed by atoms with Gasteiger partial charge in [-0.15, -0.1) is 0 Å². The van der Waals surface area contributed by atoms with Gasteiger partial charge in [-0.2, -0.15) is 0 Å². The van der Waals surface area contributed by atoms with E-state index in [9.17, 15) is 14.7 Å². The maximum Gasteiger partial charge on any atom is 0.331 e. The molecule has 0 atom stereocenters. The summed E-state index contributed by atoms with van der Waals surface area (Å²) < 4.78 is 1.10. The molecule has 0 saturated heterocycles. The van der Waals surface area contributed by atoms with Crippen LogP contribution in [0.25, 0.3) is 11.6 Å². The van der Waals surface area contributed by atoms with Crippen molar-refractivity contribution in [2.45, 2.75) is 13.5 Å². The molecule has 6 nitrogen and oxygen atoms in total. The lowest BCUT2D eigenvalue weighted by Gasteiger charge is -2.07. The Kier molecular flexibility index (Phi) is 3.06. The molecule has 21 heavy (non-hydrogen) atoms. The van der Waals surface area contributed by atoms with Crippen LogP contribution in [0.2, 0.25) is 0 Å². The zero-order valence-electron chi connectivity index (χ0n) is 11.3.